The maximum absolute atomic E-state index is 12.5. The normalized spacial score (nSPS) is 10.8. The highest BCUT2D eigenvalue weighted by Crippen LogP contribution is 2.17. The van der Waals surface area contributed by atoms with Gasteiger partial charge in [0.05, 0.1) is 26.4 Å². The van der Waals surface area contributed by atoms with E-state index in [1.165, 1.54) is 32.1 Å². The van der Waals surface area contributed by atoms with Crippen molar-refractivity contribution in [3.05, 3.63) is 65.7 Å². The number of ether oxygens (including phenoxy) is 2. The van der Waals surface area contributed by atoms with E-state index in [0.717, 1.165) is 24.2 Å². The first-order valence-corrected chi connectivity index (χ1v) is 15.0. The molecule has 0 radical (unpaired) electrons. The molecule has 42 heavy (non-hydrogen) atoms. The van der Waals surface area contributed by atoms with E-state index < -0.39 is 0 Å². The van der Waals surface area contributed by atoms with Gasteiger partial charge < -0.3 is 36.5 Å². The van der Waals surface area contributed by atoms with Gasteiger partial charge in [-0.3, -0.25) is 4.79 Å². The predicted molar refractivity (Wildman–Crippen MR) is 168 cm³/mol. The molecule has 1 amide bonds. The molecule has 0 spiro atoms. The van der Waals surface area contributed by atoms with Crippen LogP contribution in [0, 0.1) is 0 Å². The summed E-state index contributed by atoms with van der Waals surface area (Å²) < 4.78 is 10.7. The Bertz CT molecular complexity index is 1150. The highest BCUT2D eigenvalue weighted by atomic mass is 16.5. The van der Waals surface area contributed by atoms with Gasteiger partial charge in [-0.05, 0) is 36.2 Å². The Morgan fingerprint density at radius 1 is 0.738 bits per heavy atom. The fraction of sp³-hybridized carbons (Fsp3) is 0.484. The molecular formula is C31H46N8O3. The van der Waals surface area contributed by atoms with Crippen LogP contribution >= 0.6 is 0 Å². The van der Waals surface area contributed by atoms with E-state index in [9.17, 15) is 4.79 Å². The van der Waals surface area contributed by atoms with Crippen molar-refractivity contribution in [3.8, 4) is 0 Å². The number of hydrogen-bond donors (Lipinski definition) is 5. The first-order chi connectivity index (χ1) is 20.7. The molecule has 2 aromatic carbocycles. The van der Waals surface area contributed by atoms with Crippen molar-refractivity contribution in [2.24, 2.45) is 5.73 Å². The minimum Gasteiger partial charge on any atom is -0.378 e. The molecule has 3 rings (SSSR count). The summed E-state index contributed by atoms with van der Waals surface area (Å²) in [6, 6.07) is 17.3. The van der Waals surface area contributed by atoms with Crippen molar-refractivity contribution in [2.75, 3.05) is 62.0 Å². The number of nitrogens with one attached hydrogen (secondary N) is 4. The second kappa shape index (κ2) is 20.1. The molecule has 6 N–H and O–H groups in total. The Morgan fingerprint density at radius 2 is 1.40 bits per heavy atom. The molecular weight excluding hydrogens is 532 g/mol. The van der Waals surface area contributed by atoms with Gasteiger partial charge in [0, 0.05) is 37.4 Å². The van der Waals surface area contributed by atoms with Crippen molar-refractivity contribution in [3.63, 3.8) is 0 Å². The summed E-state index contributed by atoms with van der Waals surface area (Å²) in [7, 11) is 0. The number of rotatable bonds is 22. The summed E-state index contributed by atoms with van der Waals surface area (Å²) in [5.74, 6) is 1.24. The first-order valence-electron chi connectivity index (χ1n) is 15.0. The van der Waals surface area contributed by atoms with Crippen LogP contribution in [0.3, 0.4) is 0 Å². The Balaban J connectivity index is 1.53. The second-order valence-electron chi connectivity index (χ2n) is 9.81. The van der Waals surface area contributed by atoms with Crippen LogP contribution in [-0.2, 0) is 16.0 Å². The van der Waals surface area contributed by atoms with Crippen LogP contribution in [-0.4, -0.2) is 66.9 Å². The maximum atomic E-state index is 12.5. The number of benzene rings is 2. The summed E-state index contributed by atoms with van der Waals surface area (Å²) in [4.78, 5) is 26.2. The Kier molecular flexibility index (Phi) is 15.7. The van der Waals surface area contributed by atoms with Crippen LogP contribution in [0.25, 0.3) is 0 Å². The summed E-state index contributed by atoms with van der Waals surface area (Å²) in [5, 5.41) is 12.7. The number of hydrogen-bond acceptors (Lipinski definition) is 10. The molecule has 11 nitrogen and oxygen atoms in total. The van der Waals surface area contributed by atoms with Gasteiger partial charge >= 0.3 is 0 Å². The third-order valence-corrected chi connectivity index (χ3v) is 6.31. The van der Waals surface area contributed by atoms with E-state index in [1.54, 1.807) is 12.1 Å². The molecule has 228 valence electrons. The molecule has 0 unspecified atom stereocenters. The molecule has 0 bridgehead atoms. The number of nitrogens with zero attached hydrogens (tertiary/aromatic N) is 3. The molecule has 1 heterocycles. The zero-order chi connectivity index (χ0) is 29.7. The van der Waals surface area contributed by atoms with E-state index in [1.807, 2.05) is 30.3 Å². The van der Waals surface area contributed by atoms with Crippen molar-refractivity contribution >= 4 is 29.4 Å². The van der Waals surface area contributed by atoms with Gasteiger partial charge in [0.2, 0.25) is 17.8 Å². The van der Waals surface area contributed by atoms with Gasteiger partial charge in [0.25, 0.3) is 5.91 Å². The highest BCUT2D eigenvalue weighted by Gasteiger charge is 2.09. The molecule has 3 aromatic rings. The second-order valence-corrected chi connectivity index (χ2v) is 9.81. The number of nitrogens with two attached hydrogens (primary N) is 1. The predicted octanol–water partition coefficient (Wildman–Crippen LogP) is 4.72. The van der Waals surface area contributed by atoms with Gasteiger partial charge in [-0.15, -0.1) is 0 Å². The standard InChI is InChI=1S/C31H46N8O3/c1-2-3-4-5-6-10-18-34-29-37-30(35-24-25-11-8-7-9-12-25)39-31(38-29)36-27-15-13-26(14-16-27)28(40)33-19-21-42-23-22-41-20-17-32/h7-9,11-16H,2-6,10,17-24,32H2,1H3,(H,33,40)(H3,34,35,36,37,38,39). The lowest BCUT2D eigenvalue weighted by atomic mass is 10.1. The SMILES string of the molecule is CCCCCCCCNc1nc(NCc2ccccc2)nc(Nc2ccc(C(=O)NCCOCCOCCN)cc2)n1. The van der Waals surface area contributed by atoms with Crippen molar-refractivity contribution in [1.29, 1.82) is 0 Å². The molecule has 0 saturated carbocycles. The Morgan fingerprint density at radius 3 is 2.14 bits per heavy atom. The zero-order valence-electron chi connectivity index (χ0n) is 24.7. The first kappa shape index (κ1) is 32.7. The molecule has 0 saturated heterocycles. The van der Waals surface area contributed by atoms with Crippen molar-refractivity contribution in [1.82, 2.24) is 20.3 Å². The van der Waals surface area contributed by atoms with Crippen LogP contribution in [0.2, 0.25) is 0 Å². The lowest BCUT2D eigenvalue weighted by Crippen LogP contribution is -2.27. The summed E-state index contributed by atoms with van der Waals surface area (Å²) in [5.41, 5.74) is 7.81. The number of carbonyl (C=O) groups is 1. The minimum absolute atomic E-state index is 0.168. The molecule has 0 aliphatic heterocycles. The number of unbranched alkanes of at least 4 members (excludes halogenated alkanes) is 5. The fourth-order valence-corrected chi connectivity index (χ4v) is 4.05. The lowest BCUT2D eigenvalue weighted by molar-refractivity contribution is 0.0511. The smallest absolute Gasteiger partial charge is 0.251 e. The van der Waals surface area contributed by atoms with Crippen molar-refractivity contribution < 1.29 is 14.3 Å². The maximum Gasteiger partial charge on any atom is 0.251 e. The number of aromatic nitrogens is 3. The van der Waals surface area contributed by atoms with Crippen molar-refractivity contribution in [2.45, 2.75) is 52.0 Å². The summed E-state index contributed by atoms with van der Waals surface area (Å²) in [6.45, 7) is 6.40. The highest BCUT2D eigenvalue weighted by molar-refractivity contribution is 5.94. The van der Waals surface area contributed by atoms with E-state index in [2.05, 4.69) is 55.3 Å². The fourth-order valence-electron chi connectivity index (χ4n) is 4.05. The monoisotopic (exact) mass is 578 g/mol. The molecule has 1 aromatic heterocycles. The van der Waals surface area contributed by atoms with E-state index in [-0.39, 0.29) is 5.91 Å². The third kappa shape index (κ3) is 13.2. The van der Waals surface area contributed by atoms with Crippen LogP contribution in [0.5, 0.6) is 0 Å². The average molecular weight is 579 g/mol. The molecule has 0 atom stereocenters. The van der Waals surface area contributed by atoms with Gasteiger partial charge in [-0.2, -0.15) is 15.0 Å². The average Bonchev–Trinajstić information content (AvgIpc) is 3.01. The van der Waals surface area contributed by atoms with Crippen LogP contribution in [0.1, 0.15) is 61.4 Å². The van der Waals surface area contributed by atoms with Gasteiger partial charge in [-0.1, -0.05) is 69.4 Å². The van der Waals surface area contributed by atoms with Crippen LogP contribution in [0.4, 0.5) is 23.5 Å². The minimum atomic E-state index is -0.168. The molecule has 0 aliphatic carbocycles. The van der Waals surface area contributed by atoms with Crippen LogP contribution in [0.15, 0.2) is 54.6 Å². The summed E-state index contributed by atoms with van der Waals surface area (Å²) in [6.07, 6.45) is 7.31. The number of anilines is 4. The summed E-state index contributed by atoms with van der Waals surface area (Å²) >= 11 is 0. The van der Waals surface area contributed by atoms with Gasteiger partial charge in [-0.25, -0.2) is 0 Å². The largest absolute Gasteiger partial charge is 0.378 e. The zero-order valence-corrected chi connectivity index (χ0v) is 24.7. The quantitative estimate of drug-likeness (QED) is 0.106. The molecule has 0 aliphatic rings. The van der Waals surface area contributed by atoms with E-state index in [0.29, 0.717) is 69.5 Å². The Hall–Kier alpha value is -3.80. The van der Waals surface area contributed by atoms with E-state index >= 15 is 0 Å². The number of carbonyl (C=O) groups excluding carboxylic acids is 1. The topological polar surface area (TPSA) is 148 Å². The molecule has 0 fully saturated rings. The third-order valence-electron chi connectivity index (χ3n) is 6.31. The van der Waals surface area contributed by atoms with Gasteiger partial charge in [0.15, 0.2) is 0 Å². The van der Waals surface area contributed by atoms with Crippen LogP contribution < -0.4 is 27.0 Å². The van der Waals surface area contributed by atoms with Gasteiger partial charge in [0.1, 0.15) is 0 Å². The van der Waals surface area contributed by atoms with E-state index in [4.69, 9.17) is 15.2 Å². The lowest BCUT2D eigenvalue weighted by Gasteiger charge is -2.12. The number of amides is 1. The molecule has 11 heteroatoms. The Labute approximate surface area is 249 Å².